The molecule has 0 amide bonds. The summed E-state index contributed by atoms with van der Waals surface area (Å²) in [4.78, 5) is 53.9. The minimum absolute atomic E-state index is 0.168. The molecule has 74 heavy (non-hydrogen) atoms. The van der Waals surface area contributed by atoms with Crippen LogP contribution in [0, 0.1) is 0 Å². The van der Waals surface area contributed by atoms with E-state index >= 15 is 0 Å². The molecule has 3 aromatic heterocycles. The van der Waals surface area contributed by atoms with Gasteiger partial charge in [0.05, 0.1) is 0 Å². The summed E-state index contributed by atoms with van der Waals surface area (Å²) in [6, 6.07) is 47.2. The average Bonchev–Trinajstić information content (AvgIpc) is 3.32. The summed E-state index contributed by atoms with van der Waals surface area (Å²) in [5.74, 6) is 0. The van der Waals surface area contributed by atoms with Crippen molar-refractivity contribution in [3.63, 3.8) is 0 Å². The van der Waals surface area contributed by atoms with Crippen molar-refractivity contribution in [1.82, 2.24) is 15.0 Å². The van der Waals surface area contributed by atoms with Crippen LogP contribution < -0.4 is 21.6 Å². The quantitative estimate of drug-likeness (QED) is 0.118. The minimum atomic E-state index is -4.76. The molecule has 15 heteroatoms. The number of pyridine rings is 3. The van der Waals surface area contributed by atoms with E-state index in [-0.39, 0.29) is 9.65 Å². The molecule has 0 atom stereocenters. The standard InChI is InChI=1S/C12H9.C8H3F6.C6H5.3C5H4N.18CH3.6Sn/c1-3-7-11(8-4-1)12-9-5-2-6-10-12;9-7(10,11)5-2-1-3-6(4-5)8(12,13)14;4*1-2-4-6-5-3-1;;;;;;;;;;;;;;;;;;;;;;;;/h1,3-10H;2-4H;1-5H;2-5H;1-2,4-5H;1-4H;18*1H3;;;;;;. The summed E-state index contributed by atoms with van der Waals surface area (Å²) in [6.07, 6.45) is -0.00996. The van der Waals surface area contributed by atoms with Gasteiger partial charge in [-0.1, -0.05) is 0 Å². The summed E-state index contributed by atoms with van der Waals surface area (Å²) >= 11 is -11.9. The van der Waals surface area contributed by atoms with Crippen molar-refractivity contribution in [2.45, 2.75) is 101 Å². The number of hydrogen-bond acceptors (Lipinski definition) is 3. The van der Waals surface area contributed by atoms with E-state index in [2.05, 4.69) is 204 Å². The fourth-order valence-electron chi connectivity index (χ4n) is 6.58. The zero-order valence-electron chi connectivity index (χ0n) is 47.4. The topological polar surface area (TPSA) is 38.7 Å². The van der Waals surface area contributed by atoms with Crippen LogP contribution in [0.5, 0.6) is 0 Å². The van der Waals surface area contributed by atoms with Crippen molar-refractivity contribution < 1.29 is 26.3 Å². The van der Waals surface area contributed by atoms with E-state index in [1.54, 1.807) is 25.6 Å². The van der Waals surface area contributed by atoms with Gasteiger partial charge in [-0.15, -0.1) is 0 Å². The van der Waals surface area contributed by atoms with Crippen LogP contribution in [0.1, 0.15) is 11.1 Å². The fourth-order valence-corrected chi connectivity index (χ4v) is 26.0. The van der Waals surface area contributed by atoms with Crippen molar-refractivity contribution in [3.8, 4) is 11.1 Å². The second-order valence-corrected chi connectivity index (χ2v) is 111. The first-order chi connectivity index (χ1) is 33.8. The third-order valence-electron chi connectivity index (χ3n) is 11.5. The first-order valence-electron chi connectivity index (χ1n) is 25.0. The van der Waals surface area contributed by atoms with E-state index in [0.717, 1.165) is 12.1 Å². The molecule has 3 heterocycles. The Hall–Kier alpha value is -1.30. The number of rotatable bonds is 7. The molecule has 0 saturated heterocycles. The summed E-state index contributed by atoms with van der Waals surface area (Å²) in [5.41, 5.74) is 0.177. The van der Waals surface area contributed by atoms with Crippen LogP contribution in [-0.4, -0.2) is 125 Å². The SMILES string of the molecule is [CH3][Sn]([CH3])([CH3])[c]1cc(C(F)(F)F)cc(C(F)(F)F)c1.[CH3][Sn]([CH3])([CH3])[c]1ccc(-c2ccccc2)cc1.[CH3][Sn]([CH3])([CH3])[c]1ccccc1.[CH3][Sn]([CH3])([CH3])[c]1ccccn1.[CH3][Sn]([CH3])([CH3])[c]1cccnc1.[CH3][Sn]([CH3])([CH3])[c]1ccncc1. The Morgan fingerprint density at radius 2 is 0.676 bits per heavy atom. The summed E-state index contributed by atoms with van der Waals surface area (Å²) < 4.78 is 83.3. The molecule has 0 saturated carbocycles. The van der Waals surface area contributed by atoms with E-state index < -0.39 is 134 Å². The van der Waals surface area contributed by atoms with Crippen LogP contribution in [-0.2, 0) is 12.4 Å². The fraction of sp³-hybridized carbons (Fsp3) is 0.339. The van der Waals surface area contributed by atoms with Gasteiger partial charge in [-0.25, -0.2) is 0 Å². The van der Waals surface area contributed by atoms with Crippen molar-refractivity contribution in [2.75, 3.05) is 0 Å². The number of aromatic nitrogens is 3. The Labute approximate surface area is 466 Å². The maximum absolute atomic E-state index is 12.6. The predicted octanol–water partition coefficient (Wildman–Crippen LogP) is 15.3. The zero-order chi connectivity index (χ0) is 56.4. The molecule has 0 unspecified atom stereocenters. The first-order valence-corrected chi connectivity index (χ1v) is 85.0. The van der Waals surface area contributed by atoms with Gasteiger partial charge in [0.15, 0.2) is 0 Å². The van der Waals surface area contributed by atoms with E-state index in [1.165, 1.54) is 18.4 Å². The van der Waals surface area contributed by atoms with Gasteiger partial charge in [-0.2, -0.15) is 0 Å². The molecule has 0 bridgehead atoms. The molecule has 0 aliphatic heterocycles. The first kappa shape index (κ1) is 68.8. The van der Waals surface area contributed by atoms with Crippen molar-refractivity contribution in [1.29, 1.82) is 0 Å². The van der Waals surface area contributed by atoms with Gasteiger partial charge in [0.1, 0.15) is 0 Å². The van der Waals surface area contributed by atoms with Crippen LogP contribution >= 0.6 is 0 Å². The average molecular weight is 1660 g/mol. The summed E-state index contributed by atoms with van der Waals surface area (Å²) in [5, 5.41) is 0. The van der Waals surface area contributed by atoms with Crippen LogP contribution in [0.4, 0.5) is 26.3 Å². The second kappa shape index (κ2) is 30.3. The van der Waals surface area contributed by atoms with Gasteiger partial charge < -0.3 is 0 Å². The Morgan fingerprint density at radius 1 is 0.297 bits per heavy atom. The molecule has 0 spiro atoms. The third-order valence-corrected chi connectivity index (χ3v) is 45.9. The number of alkyl halides is 6. The van der Waals surface area contributed by atoms with Gasteiger partial charge in [0.2, 0.25) is 0 Å². The molecule has 7 aromatic rings. The molecule has 0 aliphatic rings. The van der Waals surface area contributed by atoms with E-state index in [9.17, 15) is 26.3 Å². The van der Waals surface area contributed by atoms with E-state index in [4.69, 9.17) is 0 Å². The van der Waals surface area contributed by atoms with Crippen molar-refractivity contribution >= 4 is 132 Å². The van der Waals surface area contributed by atoms with Gasteiger partial charge in [0, 0.05) is 0 Å². The predicted molar refractivity (Wildman–Crippen MR) is 325 cm³/mol. The van der Waals surface area contributed by atoms with Gasteiger partial charge in [-0.05, 0) is 0 Å². The Balaban J connectivity index is 0.000000310. The number of halogens is 6. The molecule has 0 fully saturated rings. The molecule has 4 aromatic carbocycles. The van der Waals surface area contributed by atoms with Gasteiger partial charge in [0.25, 0.3) is 0 Å². The molecule has 0 aliphatic carbocycles. The summed E-state index contributed by atoms with van der Waals surface area (Å²) in [6.45, 7) is 0. The second-order valence-electron chi connectivity index (χ2n) is 24.3. The Morgan fingerprint density at radius 3 is 0.986 bits per heavy atom. The summed E-state index contributed by atoms with van der Waals surface area (Å²) in [7, 11) is 0. The van der Waals surface area contributed by atoms with E-state index in [1.807, 2.05) is 43.1 Å². The Bertz CT molecular complexity index is 2370. The van der Waals surface area contributed by atoms with Crippen LogP contribution in [0.15, 0.2) is 177 Å². The number of nitrogens with zero attached hydrogens (tertiary/aromatic N) is 3. The molecule has 3 nitrogen and oxygen atoms in total. The maximum atomic E-state index is 12.6. The monoisotopic (exact) mass is 1670 g/mol. The third kappa shape index (κ3) is 27.0. The van der Waals surface area contributed by atoms with Crippen LogP contribution in [0.2, 0.25) is 88.9 Å². The van der Waals surface area contributed by atoms with Gasteiger partial charge in [-0.3, -0.25) is 0 Å². The van der Waals surface area contributed by atoms with Crippen LogP contribution in [0.3, 0.4) is 0 Å². The normalized spacial score (nSPS) is 12.1. The molecule has 7 rings (SSSR count). The molecular formula is C59H83F6N3Sn6. The molecule has 0 radical (unpaired) electrons. The Kier molecular flexibility index (Phi) is 28.2. The zero-order valence-corrected chi connectivity index (χ0v) is 64.5. The van der Waals surface area contributed by atoms with Crippen molar-refractivity contribution in [2.24, 2.45) is 0 Å². The van der Waals surface area contributed by atoms with Crippen molar-refractivity contribution in [3.05, 3.63) is 188 Å². The molecule has 0 N–H and O–H groups in total. The van der Waals surface area contributed by atoms with E-state index in [0.29, 0.717) is 0 Å². The number of benzene rings is 4. The van der Waals surface area contributed by atoms with Crippen LogP contribution in [0.25, 0.3) is 11.1 Å². The molecule has 400 valence electrons. The molecular weight excluding hydrogens is 1580 g/mol. The number of hydrogen-bond donors (Lipinski definition) is 0. The van der Waals surface area contributed by atoms with Gasteiger partial charge >= 0.3 is 473 Å².